The Hall–Kier alpha value is 2.47. The zero-order valence-corrected chi connectivity index (χ0v) is 8.67. The Balaban J connectivity index is -0.0000000150. The van der Waals surface area contributed by atoms with Gasteiger partial charge in [-0.25, -0.2) is 0 Å². The number of hydrogen-bond acceptors (Lipinski definition) is 3. The predicted molar refractivity (Wildman–Crippen MR) is 22.6 cm³/mol. The van der Waals surface area contributed by atoms with Crippen LogP contribution in [0, 0.1) is 39.9 Å². The van der Waals surface area contributed by atoms with E-state index in [2.05, 4.69) is 0 Å². The molecule has 0 heterocycles. The molecule has 0 aliphatic rings. The number of rotatable bonds is 0. The molecule has 0 aliphatic carbocycles. The van der Waals surface area contributed by atoms with Crippen molar-refractivity contribution >= 4 is 40.3 Å². The van der Waals surface area contributed by atoms with Gasteiger partial charge in [0.05, 0.1) is 0 Å². The SMILES string of the molecule is P.[Gd+3].[Mg+2].[O-]B([O-])[O-]. The van der Waals surface area contributed by atoms with Gasteiger partial charge in [-0.05, 0) is 0 Å². The van der Waals surface area contributed by atoms with Crippen LogP contribution in [0.5, 0.6) is 0 Å². The van der Waals surface area contributed by atoms with E-state index >= 15 is 0 Å². The fourth-order valence-corrected chi connectivity index (χ4v) is 0. The molecule has 1 unspecified atom stereocenters. The molecule has 0 bridgehead atoms. The van der Waals surface area contributed by atoms with E-state index in [1.165, 1.54) is 0 Å². The molecule has 0 N–H and O–H groups in total. The van der Waals surface area contributed by atoms with Crippen molar-refractivity contribution in [3.05, 3.63) is 0 Å². The van der Waals surface area contributed by atoms with E-state index in [0.717, 1.165) is 0 Å². The molecule has 0 aromatic rings. The molecule has 0 fully saturated rings. The summed E-state index contributed by atoms with van der Waals surface area (Å²) in [5, 5.41) is 25.2. The molecule has 0 aromatic carbocycles. The third-order valence-corrected chi connectivity index (χ3v) is 0. The Morgan fingerprint density at radius 3 is 1.00 bits per heavy atom. The maximum atomic E-state index is 8.42. The van der Waals surface area contributed by atoms with Crippen molar-refractivity contribution < 1.29 is 55.0 Å². The first kappa shape index (κ1) is 22.7. The van der Waals surface area contributed by atoms with Gasteiger partial charge in [-0.3, -0.25) is 7.32 Å². The van der Waals surface area contributed by atoms with Crippen LogP contribution in [0.25, 0.3) is 0 Å². The second-order valence-corrected chi connectivity index (χ2v) is 0.289. The molecule has 3 nitrogen and oxygen atoms in total. The second-order valence-electron chi connectivity index (χ2n) is 0.289. The van der Waals surface area contributed by atoms with Crippen LogP contribution in [-0.4, -0.2) is 30.4 Å². The van der Waals surface area contributed by atoms with Crippen molar-refractivity contribution in [2.75, 3.05) is 0 Å². The Kier molecular flexibility index (Phi) is 51.2. The van der Waals surface area contributed by atoms with Gasteiger partial charge in [-0.15, -0.1) is 0 Å². The maximum absolute atomic E-state index is 8.42. The van der Waals surface area contributed by atoms with Gasteiger partial charge < -0.3 is 15.1 Å². The van der Waals surface area contributed by atoms with Crippen LogP contribution in [0.3, 0.4) is 0 Å². The predicted octanol–water partition coefficient (Wildman–Crippen LogP) is -4.27. The van der Waals surface area contributed by atoms with E-state index in [9.17, 15) is 0 Å². The first-order valence-corrected chi connectivity index (χ1v) is 0.707. The van der Waals surface area contributed by atoms with Gasteiger partial charge in [0.1, 0.15) is 0 Å². The van der Waals surface area contributed by atoms with E-state index in [4.69, 9.17) is 15.1 Å². The molecule has 0 saturated carbocycles. The van der Waals surface area contributed by atoms with Crippen molar-refractivity contribution in [3.8, 4) is 0 Å². The minimum atomic E-state index is -2.92. The van der Waals surface area contributed by atoms with Gasteiger partial charge >= 0.3 is 63.0 Å². The van der Waals surface area contributed by atoms with Crippen molar-refractivity contribution in [3.63, 3.8) is 0 Å². The van der Waals surface area contributed by atoms with Gasteiger partial charge in [-0.2, -0.15) is 9.90 Å². The van der Waals surface area contributed by atoms with Crippen molar-refractivity contribution in [2.24, 2.45) is 0 Å². The van der Waals surface area contributed by atoms with Gasteiger partial charge in [-0.1, -0.05) is 0 Å². The number of hydrogen-bond donors (Lipinski definition) is 0. The minimum absolute atomic E-state index is 0. The summed E-state index contributed by atoms with van der Waals surface area (Å²) in [5.74, 6) is 0. The smallest absolute Gasteiger partial charge is 0.907 e. The summed E-state index contributed by atoms with van der Waals surface area (Å²) in [7, 11) is -2.92. The standard InChI is InChI=1S/BO3.Gd.Mg.H3P/c2-1(3)4;;;/h;;;1H3/q-3;+3;+2;. The molecule has 0 spiro atoms. The van der Waals surface area contributed by atoms with Crippen LogP contribution in [-0.2, 0) is 0 Å². The molecule has 0 rings (SSSR count). The maximum Gasteiger partial charge on any atom is 3.00 e. The Bertz CT molecular complexity index is 19.7. The summed E-state index contributed by atoms with van der Waals surface area (Å²) in [6.07, 6.45) is 0. The van der Waals surface area contributed by atoms with Crippen LogP contribution >= 0.6 is 9.90 Å². The van der Waals surface area contributed by atoms with Crippen LogP contribution in [0.2, 0.25) is 0 Å². The van der Waals surface area contributed by atoms with E-state index in [1.807, 2.05) is 0 Å². The van der Waals surface area contributed by atoms with E-state index < -0.39 is 7.32 Å². The van der Waals surface area contributed by atoms with Gasteiger partial charge in [0.25, 0.3) is 0 Å². The summed E-state index contributed by atoms with van der Waals surface area (Å²) in [5.41, 5.74) is 0. The zero-order valence-electron chi connectivity index (χ0n) is 3.57. The molecule has 0 aliphatic heterocycles. The van der Waals surface area contributed by atoms with E-state index in [1.54, 1.807) is 0 Å². The molecule has 0 amide bonds. The van der Waals surface area contributed by atoms with E-state index in [0.29, 0.717) is 0 Å². The Labute approximate surface area is 93.9 Å². The van der Waals surface area contributed by atoms with Crippen LogP contribution in [0.15, 0.2) is 0 Å². The fourth-order valence-electron chi connectivity index (χ4n) is 0. The average molecular weight is 274 g/mol. The quantitative estimate of drug-likeness (QED) is 0.332. The molecular weight excluding hydrogens is 271 g/mol. The van der Waals surface area contributed by atoms with Crippen molar-refractivity contribution in [1.29, 1.82) is 0 Å². The molecule has 0 saturated heterocycles. The summed E-state index contributed by atoms with van der Waals surface area (Å²) in [6.45, 7) is 0. The van der Waals surface area contributed by atoms with Crippen LogP contribution in [0.4, 0.5) is 0 Å². The molecule has 7 heavy (non-hydrogen) atoms. The van der Waals surface area contributed by atoms with Crippen molar-refractivity contribution in [2.45, 2.75) is 0 Å². The molecule has 1 atom stereocenters. The van der Waals surface area contributed by atoms with Gasteiger partial charge in [0.15, 0.2) is 0 Å². The molecule has 37 valence electrons. The average Bonchev–Trinajstić information content (AvgIpc) is 0.811. The first-order chi connectivity index (χ1) is 1.73. The van der Waals surface area contributed by atoms with Crippen molar-refractivity contribution in [1.82, 2.24) is 0 Å². The topological polar surface area (TPSA) is 69.2 Å². The summed E-state index contributed by atoms with van der Waals surface area (Å²) >= 11 is 0. The summed E-state index contributed by atoms with van der Waals surface area (Å²) < 4.78 is 0. The summed E-state index contributed by atoms with van der Waals surface area (Å²) in [6, 6.07) is 0. The van der Waals surface area contributed by atoms with Gasteiger partial charge in [0, 0.05) is 0 Å². The normalized spacial score (nSPS) is 3.86. The third-order valence-electron chi connectivity index (χ3n) is 0. The largest absolute Gasteiger partial charge is 3.00 e. The van der Waals surface area contributed by atoms with Crippen LogP contribution in [0.1, 0.15) is 0 Å². The molecule has 0 aromatic heterocycles. The van der Waals surface area contributed by atoms with E-state index in [-0.39, 0.29) is 72.9 Å². The fraction of sp³-hybridized carbons (Fsp3) is 0. The second kappa shape index (κ2) is 15.8. The minimum Gasteiger partial charge on any atom is -0.907 e. The summed E-state index contributed by atoms with van der Waals surface area (Å²) in [4.78, 5) is 0. The molecule has 1 radical (unpaired) electrons. The van der Waals surface area contributed by atoms with Gasteiger partial charge in [0.2, 0.25) is 0 Å². The first-order valence-electron chi connectivity index (χ1n) is 0.707. The third kappa shape index (κ3) is 58.2. The Morgan fingerprint density at radius 1 is 1.00 bits per heavy atom. The monoisotopic (exact) mass is 275 g/mol. The molecule has 7 heteroatoms. The van der Waals surface area contributed by atoms with Crippen LogP contribution < -0.4 is 15.1 Å². The Morgan fingerprint density at radius 2 is 1.00 bits per heavy atom. The molecular formula is H3BGdMgO3P+2. The zero-order chi connectivity index (χ0) is 3.58.